The molecule has 0 aromatic heterocycles. The number of thioether (sulfide) groups is 1. The minimum atomic E-state index is -0.608. The maximum atomic E-state index is 12.3. The van der Waals surface area contributed by atoms with Gasteiger partial charge < -0.3 is 15.2 Å². The summed E-state index contributed by atoms with van der Waals surface area (Å²) in [5, 5.41) is 0.145. The zero-order chi connectivity index (χ0) is 18.6. The smallest absolute Gasteiger partial charge is 0.411 e. The summed E-state index contributed by atoms with van der Waals surface area (Å²) in [6.07, 6.45) is 0.0684. The van der Waals surface area contributed by atoms with E-state index in [2.05, 4.69) is 0 Å². The first-order chi connectivity index (χ1) is 11.7. The van der Waals surface area contributed by atoms with Crippen LogP contribution in [-0.4, -0.2) is 47.4 Å². The number of hydrogen-bond donors (Lipinski definition) is 1. The van der Waals surface area contributed by atoms with Crippen molar-refractivity contribution in [2.24, 2.45) is 5.73 Å². The molecule has 2 rings (SSSR count). The standard InChI is InChI=1S/C18H26N2O4S/c1-18(2,3)24-17(22)20-10-14(9-15(20)16(19)21)25-11-12-5-7-13(23-4)8-6-12/h5-8,14-15H,9-11H2,1-4H3,(H2,19,21)/t14-,15-/m0/s1. The van der Waals surface area contributed by atoms with Crippen molar-refractivity contribution in [3.63, 3.8) is 0 Å². The Morgan fingerprint density at radius 1 is 1.28 bits per heavy atom. The second kappa shape index (κ2) is 7.99. The van der Waals surface area contributed by atoms with Gasteiger partial charge in [0.05, 0.1) is 7.11 Å². The highest BCUT2D eigenvalue weighted by atomic mass is 32.2. The van der Waals surface area contributed by atoms with Gasteiger partial charge >= 0.3 is 6.09 Å². The zero-order valence-electron chi connectivity index (χ0n) is 15.2. The molecule has 138 valence electrons. The SMILES string of the molecule is COc1ccc(CS[C@H]2C[C@@H](C(N)=O)N(C(=O)OC(C)(C)C)C2)cc1. The first-order valence-corrected chi connectivity index (χ1v) is 9.28. The van der Waals surface area contributed by atoms with Crippen LogP contribution < -0.4 is 10.5 Å². The average molecular weight is 366 g/mol. The van der Waals surface area contributed by atoms with Crippen LogP contribution >= 0.6 is 11.8 Å². The Morgan fingerprint density at radius 2 is 1.92 bits per heavy atom. The van der Waals surface area contributed by atoms with E-state index < -0.39 is 23.6 Å². The van der Waals surface area contributed by atoms with Gasteiger partial charge in [-0.2, -0.15) is 11.8 Å². The molecule has 0 saturated carbocycles. The maximum absolute atomic E-state index is 12.3. The molecule has 1 aliphatic heterocycles. The van der Waals surface area contributed by atoms with Crippen LogP contribution in [0.3, 0.4) is 0 Å². The molecule has 0 aliphatic carbocycles. The fourth-order valence-corrected chi connectivity index (χ4v) is 3.85. The molecule has 6 nitrogen and oxygen atoms in total. The van der Waals surface area contributed by atoms with Gasteiger partial charge in [-0.3, -0.25) is 9.69 Å². The predicted molar refractivity (Wildman–Crippen MR) is 98.6 cm³/mol. The Hall–Kier alpha value is -1.89. The normalized spacial score (nSPS) is 20.4. The first-order valence-electron chi connectivity index (χ1n) is 8.23. The molecule has 1 heterocycles. The monoisotopic (exact) mass is 366 g/mol. The molecule has 0 radical (unpaired) electrons. The molecule has 0 spiro atoms. The van der Waals surface area contributed by atoms with E-state index in [0.29, 0.717) is 13.0 Å². The Kier molecular flexibility index (Phi) is 6.21. The van der Waals surface area contributed by atoms with Crippen molar-refractivity contribution in [3.05, 3.63) is 29.8 Å². The van der Waals surface area contributed by atoms with Crippen LogP contribution in [0.5, 0.6) is 5.75 Å². The minimum Gasteiger partial charge on any atom is -0.497 e. The highest BCUT2D eigenvalue weighted by Gasteiger charge is 2.40. The summed E-state index contributed by atoms with van der Waals surface area (Å²) < 4.78 is 10.5. The van der Waals surface area contributed by atoms with Gasteiger partial charge in [-0.15, -0.1) is 0 Å². The van der Waals surface area contributed by atoms with E-state index in [4.69, 9.17) is 15.2 Å². The molecule has 1 aromatic carbocycles. The number of likely N-dealkylation sites (tertiary alicyclic amines) is 1. The van der Waals surface area contributed by atoms with E-state index in [-0.39, 0.29) is 5.25 Å². The van der Waals surface area contributed by atoms with Crippen LogP contribution in [-0.2, 0) is 15.3 Å². The Bertz CT molecular complexity index is 612. The van der Waals surface area contributed by atoms with Crippen molar-refractivity contribution in [2.75, 3.05) is 13.7 Å². The summed E-state index contributed by atoms with van der Waals surface area (Å²) in [5.74, 6) is 1.13. The number of carbonyl (C=O) groups excluding carboxylic acids is 2. The molecule has 1 saturated heterocycles. The third kappa shape index (κ3) is 5.56. The third-order valence-electron chi connectivity index (χ3n) is 3.86. The molecule has 1 aliphatic rings. The summed E-state index contributed by atoms with van der Waals surface area (Å²) in [6, 6.07) is 7.26. The van der Waals surface area contributed by atoms with Crippen molar-refractivity contribution < 1.29 is 19.1 Å². The number of amides is 2. The fourth-order valence-electron chi connectivity index (χ4n) is 2.65. The topological polar surface area (TPSA) is 81.9 Å². The third-order valence-corrected chi connectivity index (χ3v) is 5.18. The molecule has 0 unspecified atom stereocenters. The second-order valence-electron chi connectivity index (χ2n) is 7.07. The molecule has 2 atom stereocenters. The van der Waals surface area contributed by atoms with Gasteiger partial charge in [0.1, 0.15) is 17.4 Å². The molecule has 7 heteroatoms. The molecule has 1 fully saturated rings. The van der Waals surface area contributed by atoms with Crippen LogP contribution in [0.1, 0.15) is 32.8 Å². The lowest BCUT2D eigenvalue weighted by molar-refractivity contribution is -0.122. The van der Waals surface area contributed by atoms with E-state index in [0.717, 1.165) is 17.1 Å². The van der Waals surface area contributed by atoms with E-state index >= 15 is 0 Å². The Morgan fingerprint density at radius 3 is 2.44 bits per heavy atom. The van der Waals surface area contributed by atoms with Gasteiger partial charge in [-0.1, -0.05) is 12.1 Å². The number of carbonyl (C=O) groups is 2. The largest absolute Gasteiger partial charge is 0.497 e. The second-order valence-corrected chi connectivity index (χ2v) is 8.36. The van der Waals surface area contributed by atoms with Gasteiger partial charge in [0, 0.05) is 17.5 Å². The van der Waals surface area contributed by atoms with E-state index in [1.54, 1.807) is 39.6 Å². The van der Waals surface area contributed by atoms with Crippen LogP contribution in [0.2, 0.25) is 0 Å². The van der Waals surface area contributed by atoms with Crippen LogP contribution in [0.4, 0.5) is 4.79 Å². The van der Waals surface area contributed by atoms with Gasteiger partial charge in [0.25, 0.3) is 0 Å². The maximum Gasteiger partial charge on any atom is 0.411 e. The molecule has 2 amide bonds. The summed E-state index contributed by atoms with van der Waals surface area (Å²) in [7, 11) is 1.64. The van der Waals surface area contributed by atoms with Crippen LogP contribution in [0.15, 0.2) is 24.3 Å². The fraction of sp³-hybridized carbons (Fsp3) is 0.556. The Labute approximate surface area is 153 Å². The average Bonchev–Trinajstić information content (AvgIpc) is 2.96. The lowest BCUT2D eigenvalue weighted by Crippen LogP contribution is -2.45. The lowest BCUT2D eigenvalue weighted by Gasteiger charge is -2.27. The number of methoxy groups -OCH3 is 1. The highest BCUT2D eigenvalue weighted by molar-refractivity contribution is 7.99. The number of hydrogen-bond acceptors (Lipinski definition) is 5. The number of nitrogens with zero attached hydrogens (tertiary/aromatic N) is 1. The van der Waals surface area contributed by atoms with Gasteiger partial charge in [-0.05, 0) is 44.9 Å². The summed E-state index contributed by atoms with van der Waals surface area (Å²) >= 11 is 1.71. The van der Waals surface area contributed by atoms with E-state index in [1.807, 2.05) is 24.3 Å². The molecular weight excluding hydrogens is 340 g/mol. The van der Waals surface area contributed by atoms with Crippen molar-refractivity contribution in [3.8, 4) is 5.75 Å². The van der Waals surface area contributed by atoms with Crippen LogP contribution in [0.25, 0.3) is 0 Å². The van der Waals surface area contributed by atoms with Crippen molar-refractivity contribution in [1.29, 1.82) is 0 Å². The number of primary amides is 1. The highest BCUT2D eigenvalue weighted by Crippen LogP contribution is 2.31. The quantitative estimate of drug-likeness (QED) is 0.866. The number of benzene rings is 1. The molecule has 1 aromatic rings. The zero-order valence-corrected chi connectivity index (χ0v) is 16.0. The van der Waals surface area contributed by atoms with Crippen molar-refractivity contribution >= 4 is 23.8 Å². The minimum absolute atomic E-state index is 0.145. The summed E-state index contributed by atoms with van der Waals surface area (Å²) in [6.45, 7) is 5.87. The van der Waals surface area contributed by atoms with Crippen LogP contribution in [0, 0.1) is 0 Å². The lowest BCUT2D eigenvalue weighted by atomic mass is 10.2. The number of nitrogens with two attached hydrogens (primary N) is 1. The number of ether oxygens (including phenoxy) is 2. The molecular formula is C18H26N2O4S. The molecule has 2 N–H and O–H groups in total. The summed E-state index contributed by atoms with van der Waals surface area (Å²) in [5.41, 5.74) is 6.04. The van der Waals surface area contributed by atoms with E-state index in [1.165, 1.54) is 4.90 Å². The van der Waals surface area contributed by atoms with Crippen molar-refractivity contribution in [2.45, 2.75) is 49.8 Å². The number of rotatable bonds is 5. The summed E-state index contributed by atoms with van der Waals surface area (Å²) in [4.78, 5) is 25.5. The molecule has 0 bridgehead atoms. The molecule has 25 heavy (non-hydrogen) atoms. The predicted octanol–water partition coefficient (Wildman–Crippen LogP) is 2.79. The van der Waals surface area contributed by atoms with Gasteiger partial charge in [0.15, 0.2) is 0 Å². The Balaban J connectivity index is 1.96. The van der Waals surface area contributed by atoms with Crippen molar-refractivity contribution in [1.82, 2.24) is 4.90 Å². The van der Waals surface area contributed by atoms with Gasteiger partial charge in [0.2, 0.25) is 5.91 Å². The van der Waals surface area contributed by atoms with Gasteiger partial charge in [-0.25, -0.2) is 4.79 Å². The van der Waals surface area contributed by atoms with E-state index in [9.17, 15) is 9.59 Å². The first kappa shape index (κ1) is 19.4.